The van der Waals surface area contributed by atoms with Crippen LogP contribution in [0.3, 0.4) is 0 Å². The van der Waals surface area contributed by atoms with Gasteiger partial charge in [-0.25, -0.2) is 0 Å². The monoisotopic (exact) mass is 826 g/mol. The van der Waals surface area contributed by atoms with Gasteiger partial charge in [-0.05, 0) is 0 Å². The molecule has 4 aromatic rings. The number of benzene rings is 4. The Morgan fingerprint density at radius 3 is 0.867 bits per heavy atom. The van der Waals surface area contributed by atoms with Crippen molar-refractivity contribution in [2.45, 2.75) is 46.6 Å². The Morgan fingerprint density at radius 2 is 0.644 bits per heavy atom. The first kappa shape index (κ1) is 26.4. The van der Waals surface area contributed by atoms with Crippen molar-refractivity contribution in [1.82, 2.24) is 0 Å². The molecule has 8 atom stereocenters. The molecule has 1 spiro atoms. The Morgan fingerprint density at radius 1 is 0.400 bits per heavy atom. The molecule has 4 aromatic carbocycles. The van der Waals surface area contributed by atoms with Crippen LogP contribution in [0.4, 0.5) is 0 Å². The number of hydrogen-bond acceptors (Lipinski definition) is 0. The van der Waals surface area contributed by atoms with Gasteiger partial charge in [0.1, 0.15) is 0 Å². The minimum absolute atomic E-state index is 0.309. The van der Waals surface area contributed by atoms with Crippen LogP contribution in [-0.4, -0.2) is 8.11 Å². The summed E-state index contributed by atoms with van der Waals surface area (Å²) in [5.41, 5.74) is 0. The van der Waals surface area contributed by atoms with Crippen LogP contribution < -0.4 is 21.2 Å². The summed E-state index contributed by atoms with van der Waals surface area (Å²) in [6, 6.07) is 24.9. The molecule has 0 N–H and O–H groups in total. The van der Waals surface area contributed by atoms with Crippen LogP contribution in [0.1, 0.15) is 0 Å². The first-order valence-corrected chi connectivity index (χ1v) is 26.9. The predicted molar refractivity (Wildman–Crippen MR) is 194 cm³/mol. The standard InChI is InChI=1S/2C17H10Cl4P.Fe/c2*18-12-7-3-9-14(16(12)20)22(11-5-1-2-6-11)15-10-4-8-13(19)17(15)21;/h2*1-10H;. The van der Waals surface area contributed by atoms with Crippen molar-refractivity contribution in [3.05, 3.63) is 113 Å². The third kappa shape index (κ3) is 0.838. The van der Waals surface area contributed by atoms with Crippen LogP contribution in [0.2, 0.25) is 78.7 Å². The van der Waals surface area contributed by atoms with Gasteiger partial charge in [-0.1, -0.05) is 0 Å². The van der Waals surface area contributed by atoms with Crippen LogP contribution in [0.25, 0.3) is 0 Å². The quantitative estimate of drug-likeness (QED) is 0.134. The molecule has 10 saturated heterocycles. The summed E-state index contributed by atoms with van der Waals surface area (Å²) in [5.74, 6) is 0. The van der Waals surface area contributed by atoms with E-state index in [2.05, 4.69) is 48.5 Å². The molecule has 230 valence electrons. The molecule has 0 amide bonds. The molecule has 10 heterocycles. The molecule has 0 aromatic heterocycles. The zero-order chi connectivity index (χ0) is 30.5. The van der Waals surface area contributed by atoms with E-state index < -0.39 is 22.4 Å². The fourth-order valence-corrected chi connectivity index (χ4v) is 129. The van der Waals surface area contributed by atoms with Gasteiger partial charge in [0.05, 0.1) is 0 Å². The molecule has 0 saturated carbocycles. The van der Waals surface area contributed by atoms with Crippen LogP contribution in [-0.2, 0) is 6.51 Å². The van der Waals surface area contributed by atoms with E-state index in [-0.39, 0.29) is 0 Å². The molecule has 0 bridgehead atoms. The second-order valence-electron chi connectivity index (χ2n) is 16.7. The van der Waals surface area contributed by atoms with Gasteiger partial charge in [0, 0.05) is 0 Å². The third-order valence-electron chi connectivity index (χ3n) is 20.0. The molecule has 10 aliphatic heterocycles. The van der Waals surface area contributed by atoms with Gasteiger partial charge < -0.3 is 0 Å². The van der Waals surface area contributed by atoms with E-state index in [0.29, 0.717) is 48.3 Å². The molecular weight excluding hydrogens is 810 g/mol. The first-order chi connectivity index (χ1) is 21.4. The molecule has 0 radical (unpaired) electrons. The van der Waals surface area contributed by atoms with Crippen molar-refractivity contribution in [3.63, 3.8) is 0 Å². The Balaban J connectivity index is 1.11. The van der Waals surface area contributed by atoms with Gasteiger partial charge in [0.15, 0.2) is 0 Å². The molecule has 11 heteroatoms. The Hall–Kier alpha value is 0.579. The van der Waals surface area contributed by atoms with Crippen molar-refractivity contribution >= 4 is 130 Å². The normalized spacial score (nSPS) is 54.2. The number of fused-ring (bicyclic) bond motifs is 10. The summed E-state index contributed by atoms with van der Waals surface area (Å²) in [7, 11) is -1.81. The van der Waals surface area contributed by atoms with E-state index in [4.69, 9.17) is 92.8 Å². The summed E-state index contributed by atoms with van der Waals surface area (Å²) < 4.78 is 0.617. The molecular formula is C34H20Cl8FeP2. The van der Waals surface area contributed by atoms with Crippen molar-refractivity contribution in [1.29, 1.82) is 0 Å². The van der Waals surface area contributed by atoms with E-state index in [9.17, 15) is 0 Å². The summed E-state index contributed by atoms with van der Waals surface area (Å²) in [4.78, 5) is 7.22. The maximum atomic E-state index is 7.23. The van der Waals surface area contributed by atoms with Crippen LogP contribution in [0.15, 0.2) is 72.8 Å². The first-order valence-electron chi connectivity index (χ1n) is 15.0. The molecule has 14 rings (SSSR count). The second kappa shape index (κ2) is 4.61. The fraction of sp³-hybridized carbons (Fsp3) is 0.294. The fourth-order valence-electron chi connectivity index (χ4n) is 21.2. The van der Waals surface area contributed by atoms with Gasteiger partial charge >= 0.3 is 296 Å². The maximum absolute atomic E-state index is 7.23. The van der Waals surface area contributed by atoms with Crippen LogP contribution >= 0.6 is 109 Å². The molecule has 10 fully saturated rings. The molecule has 0 nitrogen and oxygen atoms in total. The van der Waals surface area contributed by atoms with Gasteiger partial charge in [0.2, 0.25) is 0 Å². The molecule has 45 heavy (non-hydrogen) atoms. The SMILES string of the molecule is Clc1cccc(P(c2cccc(Cl)c2Cl)[C]23[CH]4[CH]5[CH]6[CH]2[Fe]56432789[CH]3[CH]2[CH]7[C]8(P(c2cccc(Cl)c2Cl)c2cccc(Cl)c2Cl)[CH]39)c1Cl. The molecule has 10 aliphatic rings. The zero-order valence-electron chi connectivity index (χ0n) is 22.8. The van der Waals surface area contributed by atoms with Gasteiger partial charge in [-0.15, -0.1) is 0 Å². The third-order valence-corrected chi connectivity index (χ3v) is 80.6. The van der Waals surface area contributed by atoms with Crippen molar-refractivity contribution in [2.24, 2.45) is 0 Å². The van der Waals surface area contributed by atoms with Crippen LogP contribution in [0.5, 0.6) is 0 Å². The zero-order valence-corrected chi connectivity index (χ0v) is 31.8. The average molecular weight is 830 g/mol. The number of halogens is 8. The van der Waals surface area contributed by atoms with Crippen molar-refractivity contribution in [3.8, 4) is 0 Å². The number of hydrogen-bond donors (Lipinski definition) is 0. The molecule has 0 aliphatic carbocycles. The van der Waals surface area contributed by atoms with E-state index in [0.717, 1.165) is 38.5 Å². The van der Waals surface area contributed by atoms with E-state index in [1.54, 1.807) is 0 Å². The topological polar surface area (TPSA) is 0 Å². The molecule has 8 unspecified atom stereocenters. The Labute approximate surface area is 293 Å². The van der Waals surface area contributed by atoms with Crippen LogP contribution in [0, 0.1) is 0 Å². The summed E-state index contributed by atoms with van der Waals surface area (Å²) in [6.07, 6.45) is 0. The average Bonchev–Trinajstić information content (AvgIpc) is 3.97. The van der Waals surface area contributed by atoms with E-state index in [1.807, 2.05) is 24.3 Å². The van der Waals surface area contributed by atoms with Gasteiger partial charge in [-0.3, -0.25) is 0 Å². The summed E-state index contributed by atoms with van der Waals surface area (Å²) >= 11 is 56.1. The number of rotatable bonds is 6. The van der Waals surface area contributed by atoms with E-state index in [1.165, 1.54) is 21.2 Å². The Kier molecular flexibility index (Phi) is 2.70. The van der Waals surface area contributed by atoms with E-state index >= 15 is 0 Å². The Bertz CT molecular complexity index is 2360. The minimum atomic E-state index is -4.46. The summed E-state index contributed by atoms with van der Waals surface area (Å²) in [6.45, 7) is -4.46. The van der Waals surface area contributed by atoms with Gasteiger partial charge in [0.25, 0.3) is 0 Å². The van der Waals surface area contributed by atoms with Gasteiger partial charge in [-0.2, -0.15) is 0 Å². The summed E-state index contributed by atoms with van der Waals surface area (Å²) in [5, 5.41) is 9.95. The predicted octanol–water partition coefficient (Wildman–Crippen LogP) is 12.7. The van der Waals surface area contributed by atoms with Crippen molar-refractivity contribution < 1.29 is 6.51 Å². The van der Waals surface area contributed by atoms with Crippen molar-refractivity contribution in [2.75, 3.05) is 0 Å². The second-order valence-corrected chi connectivity index (χ2v) is 48.5.